The zero-order chi connectivity index (χ0) is 15.9. The number of nitrogens with two attached hydrogens (primary N) is 1. The molecule has 6 heteroatoms. The molecule has 0 amide bonds. The first-order valence-electron chi connectivity index (χ1n) is 6.56. The number of methoxy groups -OCH3 is 2. The monoisotopic (exact) mass is 320 g/mol. The summed E-state index contributed by atoms with van der Waals surface area (Å²) in [5.74, 6) is 1.09. The van der Waals surface area contributed by atoms with Gasteiger partial charge in [-0.15, -0.1) is 0 Å². The third-order valence-corrected chi connectivity index (χ3v) is 3.76. The molecule has 0 bridgehead atoms. The fourth-order valence-corrected chi connectivity index (χ4v) is 2.46. The Morgan fingerprint density at radius 1 is 1.18 bits per heavy atom. The molecule has 0 spiro atoms. The van der Waals surface area contributed by atoms with Crippen molar-refractivity contribution in [2.45, 2.75) is 5.75 Å². The number of rotatable bonds is 5. The lowest BCUT2D eigenvalue weighted by molar-refractivity contribution is 0.386. The quantitative estimate of drug-likeness (QED) is 0.674. The number of thioether (sulfide) groups is 1. The second-order valence-corrected chi connectivity index (χ2v) is 5.40. The highest BCUT2D eigenvalue weighted by molar-refractivity contribution is 8.13. The summed E-state index contributed by atoms with van der Waals surface area (Å²) in [6, 6.07) is 12.1. The van der Waals surface area contributed by atoms with Crippen LogP contribution >= 0.6 is 11.8 Å². The molecule has 4 nitrogen and oxygen atoms in total. The number of nitrogens with zero attached hydrogens (tertiary/aromatic N) is 1. The van der Waals surface area contributed by atoms with Gasteiger partial charge >= 0.3 is 0 Å². The molecular formula is C16H17FN2O2S. The van der Waals surface area contributed by atoms with Crippen LogP contribution in [-0.2, 0) is 5.75 Å². The first-order valence-corrected chi connectivity index (χ1v) is 7.54. The van der Waals surface area contributed by atoms with Crippen molar-refractivity contribution >= 4 is 22.6 Å². The molecule has 0 atom stereocenters. The van der Waals surface area contributed by atoms with Crippen molar-refractivity contribution in [1.29, 1.82) is 0 Å². The summed E-state index contributed by atoms with van der Waals surface area (Å²) >= 11 is 1.34. The molecule has 0 fully saturated rings. The molecule has 0 heterocycles. The Bertz CT molecular complexity index is 677. The van der Waals surface area contributed by atoms with Gasteiger partial charge in [0, 0.05) is 11.8 Å². The Hall–Kier alpha value is -2.21. The van der Waals surface area contributed by atoms with E-state index >= 15 is 0 Å². The largest absolute Gasteiger partial charge is 0.497 e. The van der Waals surface area contributed by atoms with Gasteiger partial charge in [0.1, 0.15) is 5.75 Å². The smallest absolute Gasteiger partial charge is 0.165 e. The minimum atomic E-state index is -0.385. The molecule has 0 saturated heterocycles. The summed E-state index contributed by atoms with van der Waals surface area (Å²) in [4.78, 5) is 4.30. The zero-order valence-corrected chi connectivity index (χ0v) is 13.2. The fourth-order valence-electron chi connectivity index (χ4n) is 1.80. The summed E-state index contributed by atoms with van der Waals surface area (Å²) < 4.78 is 23.6. The molecule has 2 aromatic rings. The number of ether oxygens (including phenoxy) is 2. The lowest BCUT2D eigenvalue weighted by Crippen LogP contribution is -2.06. The van der Waals surface area contributed by atoms with Gasteiger partial charge in [0.25, 0.3) is 0 Å². The summed E-state index contributed by atoms with van der Waals surface area (Å²) in [5, 5.41) is 0.407. The Morgan fingerprint density at radius 2 is 2.00 bits per heavy atom. The molecule has 2 rings (SSSR count). The number of hydrogen-bond donors (Lipinski definition) is 1. The molecule has 0 aliphatic carbocycles. The van der Waals surface area contributed by atoms with E-state index in [0.29, 0.717) is 16.6 Å². The maximum absolute atomic E-state index is 13.6. The van der Waals surface area contributed by atoms with Gasteiger partial charge in [0.05, 0.1) is 19.9 Å². The Balaban J connectivity index is 2.01. The van der Waals surface area contributed by atoms with E-state index in [9.17, 15) is 4.39 Å². The number of aliphatic imine (C=N–C) groups is 1. The van der Waals surface area contributed by atoms with Crippen molar-refractivity contribution in [3.8, 4) is 11.5 Å². The second kappa shape index (κ2) is 7.70. The van der Waals surface area contributed by atoms with Crippen molar-refractivity contribution < 1.29 is 13.9 Å². The molecule has 116 valence electrons. The molecular weight excluding hydrogens is 303 g/mol. The summed E-state index contributed by atoms with van der Waals surface area (Å²) in [6.07, 6.45) is 0. The van der Waals surface area contributed by atoms with Gasteiger partial charge in [0.2, 0.25) is 0 Å². The molecule has 0 aliphatic heterocycles. The third-order valence-electron chi connectivity index (χ3n) is 2.90. The molecule has 0 aromatic heterocycles. The van der Waals surface area contributed by atoms with Crippen LogP contribution in [0.15, 0.2) is 47.5 Å². The van der Waals surface area contributed by atoms with Crippen molar-refractivity contribution in [2.75, 3.05) is 14.2 Å². The first-order chi connectivity index (χ1) is 10.6. The number of amidine groups is 1. The summed E-state index contributed by atoms with van der Waals surface area (Å²) in [5.41, 5.74) is 7.42. The van der Waals surface area contributed by atoms with Gasteiger partial charge in [-0.1, -0.05) is 23.9 Å². The molecule has 0 radical (unpaired) electrons. The summed E-state index contributed by atoms with van der Waals surface area (Å²) in [6.45, 7) is 0. The Kier molecular flexibility index (Phi) is 5.66. The maximum Gasteiger partial charge on any atom is 0.165 e. The van der Waals surface area contributed by atoms with Crippen LogP contribution in [0.25, 0.3) is 0 Å². The lowest BCUT2D eigenvalue weighted by atomic mass is 10.2. The average Bonchev–Trinajstić information content (AvgIpc) is 2.53. The summed E-state index contributed by atoms with van der Waals surface area (Å²) in [7, 11) is 3.03. The molecule has 0 saturated carbocycles. The van der Waals surface area contributed by atoms with Gasteiger partial charge < -0.3 is 15.2 Å². The van der Waals surface area contributed by atoms with E-state index in [4.69, 9.17) is 15.2 Å². The lowest BCUT2D eigenvalue weighted by Gasteiger charge is -2.05. The van der Waals surface area contributed by atoms with Crippen LogP contribution in [0.2, 0.25) is 0 Å². The number of hydrogen-bond acceptors (Lipinski definition) is 4. The highest BCUT2D eigenvalue weighted by atomic mass is 32.2. The predicted octanol–water partition coefficient (Wildman–Crippen LogP) is 3.72. The van der Waals surface area contributed by atoms with Crippen LogP contribution in [0, 0.1) is 5.82 Å². The van der Waals surface area contributed by atoms with E-state index in [-0.39, 0.29) is 11.6 Å². The van der Waals surface area contributed by atoms with E-state index in [0.717, 1.165) is 11.3 Å². The molecule has 22 heavy (non-hydrogen) atoms. The third kappa shape index (κ3) is 4.39. The highest BCUT2D eigenvalue weighted by Crippen LogP contribution is 2.23. The van der Waals surface area contributed by atoms with E-state index in [1.54, 1.807) is 25.3 Å². The van der Waals surface area contributed by atoms with E-state index in [1.807, 2.05) is 18.2 Å². The van der Waals surface area contributed by atoms with Gasteiger partial charge in [-0.25, -0.2) is 9.38 Å². The average molecular weight is 320 g/mol. The van der Waals surface area contributed by atoms with Crippen molar-refractivity contribution in [1.82, 2.24) is 0 Å². The normalized spacial score (nSPS) is 11.3. The zero-order valence-electron chi connectivity index (χ0n) is 12.4. The molecule has 0 unspecified atom stereocenters. The van der Waals surface area contributed by atoms with Crippen molar-refractivity contribution in [2.24, 2.45) is 10.7 Å². The van der Waals surface area contributed by atoms with Crippen molar-refractivity contribution in [3.05, 3.63) is 53.8 Å². The van der Waals surface area contributed by atoms with Crippen molar-refractivity contribution in [3.63, 3.8) is 0 Å². The number of benzene rings is 2. The standard InChI is InChI=1S/C16H17FN2O2S/c1-20-13-5-3-4-12(9-13)19-16(18)22-10-11-6-7-15(21-2)14(17)8-11/h3-9H,10H2,1-2H3,(H2,18,19). The Morgan fingerprint density at radius 3 is 2.68 bits per heavy atom. The van der Waals surface area contributed by atoms with E-state index < -0.39 is 0 Å². The van der Waals surface area contributed by atoms with Crippen LogP contribution in [-0.4, -0.2) is 19.4 Å². The van der Waals surface area contributed by atoms with Gasteiger partial charge in [-0.2, -0.15) is 0 Å². The Labute approximate surface area is 133 Å². The minimum absolute atomic E-state index is 0.228. The first kappa shape index (κ1) is 16.2. The molecule has 2 aromatic carbocycles. The van der Waals surface area contributed by atoms with Gasteiger partial charge in [0.15, 0.2) is 16.7 Å². The van der Waals surface area contributed by atoms with Gasteiger partial charge in [-0.05, 0) is 29.8 Å². The molecule has 2 N–H and O–H groups in total. The van der Waals surface area contributed by atoms with Crippen LogP contribution in [0.4, 0.5) is 10.1 Å². The predicted molar refractivity (Wildman–Crippen MR) is 88.5 cm³/mol. The fraction of sp³-hybridized carbons (Fsp3) is 0.188. The molecule has 0 aliphatic rings. The highest BCUT2D eigenvalue weighted by Gasteiger charge is 2.05. The second-order valence-electron chi connectivity index (χ2n) is 4.41. The van der Waals surface area contributed by atoms with E-state index in [1.165, 1.54) is 24.9 Å². The van der Waals surface area contributed by atoms with Crippen LogP contribution in [0.3, 0.4) is 0 Å². The van der Waals surface area contributed by atoms with E-state index in [2.05, 4.69) is 4.99 Å². The topological polar surface area (TPSA) is 56.8 Å². The minimum Gasteiger partial charge on any atom is -0.497 e. The van der Waals surface area contributed by atoms with Crippen LogP contribution < -0.4 is 15.2 Å². The maximum atomic E-state index is 13.6. The van der Waals surface area contributed by atoms with Crippen LogP contribution in [0.5, 0.6) is 11.5 Å². The van der Waals surface area contributed by atoms with Crippen LogP contribution in [0.1, 0.15) is 5.56 Å². The number of halogens is 1. The van der Waals surface area contributed by atoms with Gasteiger partial charge in [-0.3, -0.25) is 0 Å². The SMILES string of the molecule is COc1cccc(N=C(N)SCc2ccc(OC)c(F)c2)c1.